The summed E-state index contributed by atoms with van der Waals surface area (Å²) < 4.78 is 27.2. The van der Waals surface area contributed by atoms with Crippen molar-refractivity contribution < 1.29 is 17.9 Å². The number of hydrogen-bond donors (Lipinski definition) is 2. The van der Waals surface area contributed by atoms with E-state index in [1.165, 1.54) is 12.1 Å². The summed E-state index contributed by atoms with van der Waals surface area (Å²) in [6, 6.07) is 5.95. The molecule has 2 aromatic rings. The maximum absolute atomic E-state index is 11.5. The van der Waals surface area contributed by atoms with Gasteiger partial charge in [-0.05, 0) is 25.1 Å². The predicted octanol–water partition coefficient (Wildman–Crippen LogP) is 0.992. The molecular weight excluding hydrogens is 256 g/mol. The number of carbonyl (C=O) groups is 1. The number of esters is 1. The van der Waals surface area contributed by atoms with Crippen molar-refractivity contribution in [1.29, 1.82) is 0 Å². The van der Waals surface area contributed by atoms with Crippen molar-refractivity contribution >= 4 is 26.9 Å². The zero-order chi connectivity index (χ0) is 13.3. The number of primary sulfonamides is 1. The number of nitrogens with one attached hydrogen (secondary N) is 1. The molecule has 0 saturated carbocycles. The average molecular weight is 268 g/mol. The minimum absolute atomic E-state index is 0.00717. The van der Waals surface area contributed by atoms with E-state index < -0.39 is 16.0 Å². The third-order valence-electron chi connectivity index (χ3n) is 2.42. The monoisotopic (exact) mass is 268 g/mol. The zero-order valence-corrected chi connectivity index (χ0v) is 10.5. The molecule has 6 nitrogen and oxygen atoms in total. The molecule has 0 atom stereocenters. The van der Waals surface area contributed by atoms with E-state index in [9.17, 15) is 13.2 Å². The van der Waals surface area contributed by atoms with Gasteiger partial charge in [0.15, 0.2) is 0 Å². The van der Waals surface area contributed by atoms with Crippen LogP contribution in [0.4, 0.5) is 0 Å². The highest BCUT2D eigenvalue weighted by molar-refractivity contribution is 7.89. The first-order valence-corrected chi connectivity index (χ1v) is 6.79. The molecule has 0 aliphatic carbocycles. The van der Waals surface area contributed by atoms with Crippen molar-refractivity contribution in [3.63, 3.8) is 0 Å². The lowest BCUT2D eigenvalue weighted by Crippen LogP contribution is -2.11. The van der Waals surface area contributed by atoms with E-state index in [1.54, 1.807) is 19.1 Å². The fourth-order valence-electron chi connectivity index (χ4n) is 1.60. The Morgan fingerprint density at radius 1 is 1.39 bits per heavy atom. The Balaban J connectivity index is 2.49. The number of hydrogen-bond acceptors (Lipinski definition) is 4. The van der Waals surface area contributed by atoms with Crippen LogP contribution in [0.5, 0.6) is 0 Å². The first-order valence-electron chi connectivity index (χ1n) is 5.24. The van der Waals surface area contributed by atoms with E-state index in [4.69, 9.17) is 9.88 Å². The number of H-pyrrole nitrogens is 1. The largest absolute Gasteiger partial charge is 0.461 e. The SMILES string of the molecule is CCOC(=O)c1cc2ccc(S(N)(=O)=O)cc2[nH]1. The number of fused-ring (bicyclic) bond motifs is 1. The first kappa shape index (κ1) is 12.6. The topological polar surface area (TPSA) is 102 Å². The molecule has 18 heavy (non-hydrogen) atoms. The van der Waals surface area contributed by atoms with E-state index in [1.807, 2.05) is 0 Å². The lowest BCUT2D eigenvalue weighted by atomic mass is 10.2. The van der Waals surface area contributed by atoms with Gasteiger partial charge in [0, 0.05) is 10.9 Å². The Hall–Kier alpha value is -1.86. The Kier molecular flexibility index (Phi) is 3.10. The minimum atomic E-state index is -3.75. The number of nitrogens with two attached hydrogens (primary N) is 1. The molecule has 2 rings (SSSR count). The Morgan fingerprint density at radius 3 is 2.72 bits per heavy atom. The summed E-state index contributed by atoms with van der Waals surface area (Å²) in [5.74, 6) is -0.481. The van der Waals surface area contributed by atoms with Gasteiger partial charge in [0.25, 0.3) is 0 Å². The van der Waals surface area contributed by atoms with Crippen LogP contribution in [0.2, 0.25) is 0 Å². The number of aromatic nitrogens is 1. The predicted molar refractivity (Wildman–Crippen MR) is 65.6 cm³/mol. The standard InChI is InChI=1S/C11H12N2O4S/c1-2-17-11(14)10-5-7-3-4-8(18(12,15)16)6-9(7)13-10/h3-6,13H,2H2,1H3,(H2,12,15,16). The Morgan fingerprint density at radius 2 is 2.11 bits per heavy atom. The lowest BCUT2D eigenvalue weighted by Gasteiger charge is -1.97. The summed E-state index contributed by atoms with van der Waals surface area (Å²) >= 11 is 0. The molecule has 1 heterocycles. The second-order valence-electron chi connectivity index (χ2n) is 3.70. The van der Waals surface area contributed by atoms with Crippen LogP contribution in [0, 0.1) is 0 Å². The van der Waals surface area contributed by atoms with E-state index in [-0.39, 0.29) is 17.2 Å². The van der Waals surface area contributed by atoms with Crippen LogP contribution in [-0.4, -0.2) is 26.0 Å². The molecule has 1 aromatic carbocycles. The molecule has 0 saturated heterocycles. The third-order valence-corrected chi connectivity index (χ3v) is 3.33. The first-order chi connectivity index (χ1) is 8.41. The summed E-state index contributed by atoms with van der Waals surface area (Å²) in [5.41, 5.74) is 0.794. The molecule has 0 bridgehead atoms. The number of sulfonamides is 1. The summed E-state index contributed by atoms with van der Waals surface area (Å²) in [7, 11) is -3.75. The van der Waals surface area contributed by atoms with E-state index in [2.05, 4.69) is 4.98 Å². The van der Waals surface area contributed by atoms with Crippen LogP contribution in [0.15, 0.2) is 29.2 Å². The van der Waals surface area contributed by atoms with E-state index in [0.717, 1.165) is 0 Å². The Labute approximate surface area is 104 Å². The second-order valence-corrected chi connectivity index (χ2v) is 5.26. The molecule has 0 aliphatic rings. The fourth-order valence-corrected chi connectivity index (χ4v) is 2.14. The average Bonchev–Trinajstić information content (AvgIpc) is 2.70. The van der Waals surface area contributed by atoms with Crippen molar-refractivity contribution in [3.05, 3.63) is 30.0 Å². The summed E-state index contributed by atoms with van der Waals surface area (Å²) in [5, 5.41) is 5.74. The molecular formula is C11H12N2O4S. The molecule has 0 spiro atoms. The van der Waals surface area contributed by atoms with Gasteiger partial charge in [0.05, 0.1) is 11.5 Å². The summed E-state index contributed by atoms with van der Waals surface area (Å²) in [6.45, 7) is 1.98. The summed E-state index contributed by atoms with van der Waals surface area (Å²) in [4.78, 5) is 14.3. The molecule has 0 fully saturated rings. The van der Waals surface area contributed by atoms with Crippen LogP contribution < -0.4 is 5.14 Å². The van der Waals surface area contributed by atoms with Crippen LogP contribution in [0.25, 0.3) is 10.9 Å². The lowest BCUT2D eigenvalue weighted by molar-refractivity contribution is 0.0520. The fraction of sp³-hybridized carbons (Fsp3) is 0.182. The molecule has 3 N–H and O–H groups in total. The van der Waals surface area contributed by atoms with Crippen LogP contribution in [-0.2, 0) is 14.8 Å². The number of rotatable bonds is 3. The van der Waals surface area contributed by atoms with Crippen molar-refractivity contribution in [2.24, 2.45) is 5.14 Å². The van der Waals surface area contributed by atoms with Crippen LogP contribution in [0.3, 0.4) is 0 Å². The molecule has 1 aromatic heterocycles. The molecule has 96 valence electrons. The van der Waals surface area contributed by atoms with E-state index >= 15 is 0 Å². The highest BCUT2D eigenvalue weighted by atomic mass is 32.2. The van der Waals surface area contributed by atoms with Crippen molar-refractivity contribution in [2.45, 2.75) is 11.8 Å². The van der Waals surface area contributed by atoms with Gasteiger partial charge in [-0.1, -0.05) is 6.07 Å². The maximum atomic E-state index is 11.5. The molecule has 0 aliphatic heterocycles. The van der Waals surface area contributed by atoms with Crippen molar-refractivity contribution in [1.82, 2.24) is 4.98 Å². The van der Waals surface area contributed by atoms with Crippen molar-refractivity contribution in [2.75, 3.05) is 6.61 Å². The number of ether oxygens (including phenoxy) is 1. The van der Waals surface area contributed by atoms with Gasteiger partial charge < -0.3 is 9.72 Å². The van der Waals surface area contributed by atoms with Gasteiger partial charge >= 0.3 is 5.97 Å². The summed E-state index contributed by atoms with van der Waals surface area (Å²) in [6.07, 6.45) is 0. The maximum Gasteiger partial charge on any atom is 0.354 e. The minimum Gasteiger partial charge on any atom is -0.461 e. The number of benzene rings is 1. The molecule has 0 radical (unpaired) electrons. The van der Waals surface area contributed by atoms with Crippen LogP contribution >= 0.6 is 0 Å². The molecule has 7 heteroatoms. The van der Waals surface area contributed by atoms with Crippen molar-refractivity contribution in [3.8, 4) is 0 Å². The normalized spacial score (nSPS) is 11.7. The van der Waals surface area contributed by atoms with Gasteiger partial charge in [0.1, 0.15) is 5.69 Å². The zero-order valence-electron chi connectivity index (χ0n) is 9.64. The highest BCUT2D eigenvalue weighted by Crippen LogP contribution is 2.19. The molecule has 0 amide bonds. The van der Waals surface area contributed by atoms with E-state index in [0.29, 0.717) is 10.9 Å². The van der Waals surface area contributed by atoms with Gasteiger partial charge in [0.2, 0.25) is 10.0 Å². The molecule has 0 unspecified atom stereocenters. The highest BCUT2D eigenvalue weighted by Gasteiger charge is 2.13. The second kappa shape index (κ2) is 4.43. The number of aromatic amines is 1. The Bertz CT molecular complexity index is 703. The van der Waals surface area contributed by atoms with Gasteiger partial charge in [-0.2, -0.15) is 0 Å². The number of carbonyl (C=O) groups excluding carboxylic acids is 1. The smallest absolute Gasteiger partial charge is 0.354 e. The van der Waals surface area contributed by atoms with Gasteiger partial charge in [-0.15, -0.1) is 0 Å². The quantitative estimate of drug-likeness (QED) is 0.810. The third kappa shape index (κ3) is 2.36. The van der Waals surface area contributed by atoms with Gasteiger partial charge in [-0.3, -0.25) is 0 Å². The van der Waals surface area contributed by atoms with Gasteiger partial charge in [-0.25, -0.2) is 18.4 Å². The van der Waals surface area contributed by atoms with Crippen LogP contribution in [0.1, 0.15) is 17.4 Å².